The third kappa shape index (κ3) is 2.36. The van der Waals surface area contributed by atoms with Crippen LogP contribution in [-0.4, -0.2) is 4.98 Å². The summed E-state index contributed by atoms with van der Waals surface area (Å²) in [5, 5.41) is 8.68. The summed E-state index contributed by atoms with van der Waals surface area (Å²) in [5.74, 6) is 0.488. The molecule has 0 fully saturated rings. The van der Waals surface area contributed by atoms with Crippen molar-refractivity contribution in [2.75, 3.05) is 0 Å². The van der Waals surface area contributed by atoms with Crippen LogP contribution in [0, 0.1) is 11.3 Å². The second kappa shape index (κ2) is 4.06. The van der Waals surface area contributed by atoms with Crippen molar-refractivity contribution in [1.82, 2.24) is 4.98 Å². The van der Waals surface area contributed by atoms with Gasteiger partial charge in [-0.3, -0.25) is 0 Å². The van der Waals surface area contributed by atoms with Crippen LogP contribution in [0.2, 0.25) is 0 Å². The van der Waals surface area contributed by atoms with Gasteiger partial charge in [-0.25, -0.2) is 0 Å². The molecule has 0 saturated carbocycles. The van der Waals surface area contributed by atoms with E-state index in [0.717, 1.165) is 5.56 Å². The smallest absolute Gasteiger partial charge is 0.227 e. The lowest BCUT2D eigenvalue weighted by molar-refractivity contribution is 0.573. The Morgan fingerprint density at radius 2 is 1.82 bits per heavy atom. The minimum Gasteiger partial charge on any atom is -0.443 e. The van der Waals surface area contributed by atoms with Crippen LogP contribution in [-0.2, 0) is 5.41 Å². The van der Waals surface area contributed by atoms with Crippen molar-refractivity contribution in [3.05, 3.63) is 41.8 Å². The van der Waals surface area contributed by atoms with Crippen molar-refractivity contribution in [3.63, 3.8) is 0 Å². The van der Waals surface area contributed by atoms with E-state index in [1.807, 2.05) is 18.2 Å². The topological polar surface area (TPSA) is 49.8 Å². The third-order valence-corrected chi connectivity index (χ3v) is 2.62. The fourth-order valence-corrected chi connectivity index (χ4v) is 1.57. The lowest BCUT2D eigenvalue weighted by Crippen LogP contribution is -2.10. The zero-order valence-corrected chi connectivity index (χ0v) is 10.2. The highest BCUT2D eigenvalue weighted by molar-refractivity contribution is 5.54. The fraction of sp³-hybridized carbons (Fsp3) is 0.286. The number of nitriles is 1. The van der Waals surface area contributed by atoms with Crippen LogP contribution >= 0.6 is 0 Å². The summed E-state index contributed by atoms with van der Waals surface area (Å²) in [7, 11) is 0. The van der Waals surface area contributed by atoms with Crippen molar-refractivity contribution in [3.8, 4) is 17.5 Å². The van der Waals surface area contributed by atoms with Crippen molar-refractivity contribution >= 4 is 0 Å². The Kier molecular flexibility index (Phi) is 2.72. The average molecular weight is 226 g/mol. The van der Waals surface area contributed by atoms with Crippen LogP contribution in [0.5, 0.6) is 0 Å². The lowest BCUT2D eigenvalue weighted by atomic mass is 9.87. The summed E-state index contributed by atoms with van der Waals surface area (Å²) in [6, 6.07) is 10.0. The molecule has 0 aliphatic carbocycles. The molecule has 0 radical (unpaired) electrons. The molecule has 1 aromatic carbocycles. The van der Waals surface area contributed by atoms with Gasteiger partial charge in [0.25, 0.3) is 0 Å². The standard InChI is InChI=1S/C14H14N2O/c1-14(2,3)11-6-4-10(5-7-11)13-16-12(8-15)9-17-13/h4-7,9H,1-3H3. The van der Waals surface area contributed by atoms with E-state index >= 15 is 0 Å². The predicted octanol–water partition coefficient (Wildman–Crippen LogP) is 3.51. The van der Waals surface area contributed by atoms with E-state index in [0.29, 0.717) is 11.6 Å². The Labute approximate surface area is 101 Å². The van der Waals surface area contributed by atoms with Crippen molar-refractivity contribution in [2.45, 2.75) is 26.2 Å². The van der Waals surface area contributed by atoms with E-state index in [-0.39, 0.29) is 5.41 Å². The Morgan fingerprint density at radius 1 is 1.18 bits per heavy atom. The van der Waals surface area contributed by atoms with E-state index in [4.69, 9.17) is 9.68 Å². The first-order chi connectivity index (χ1) is 8.00. The van der Waals surface area contributed by atoms with E-state index in [9.17, 15) is 0 Å². The minimum atomic E-state index is 0.132. The molecule has 2 aromatic rings. The Bertz CT molecular complexity index is 553. The highest BCUT2D eigenvalue weighted by atomic mass is 16.3. The van der Waals surface area contributed by atoms with Crippen LogP contribution in [0.1, 0.15) is 32.0 Å². The van der Waals surface area contributed by atoms with E-state index < -0.39 is 0 Å². The van der Waals surface area contributed by atoms with Gasteiger partial charge in [-0.1, -0.05) is 32.9 Å². The van der Waals surface area contributed by atoms with Crippen LogP contribution in [0.4, 0.5) is 0 Å². The summed E-state index contributed by atoms with van der Waals surface area (Å²) in [5.41, 5.74) is 2.58. The zero-order valence-electron chi connectivity index (χ0n) is 10.2. The molecule has 0 spiro atoms. The number of hydrogen-bond donors (Lipinski definition) is 0. The molecule has 3 nitrogen and oxygen atoms in total. The number of oxazole rings is 1. The van der Waals surface area contributed by atoms with Crippen LogP contribution in [0.25, 0.3) is 11.5 Å². The number of rotatable bonds is 1. The normalized spacial score (nSPS) is 11.2. The van der Waals surface area contributed by atoms with Gasteiger partial charge in [-0.05, 0) is 23.1 Å². The highest BCUT2D eigenvalue weighted by Crippen LogP contribution is 2.25. The summed E-state index contributed by atoms with van der Waals surface area (Å²) in [6.45, 7) is 6.50. The Morgan fingerprint density at radius 3 is 2.29 bits per heavy atom. The predicted molar refractivity (Wildman–Crippen MR) is 65.4 cm³/mol. The maximum Gasteiger partial charge on any atom is 0.227 e. The number of benzene rings is 1. The first kappa shape index (κ1) is 11.4. The fourth-order valence-electron chi connectivity index (χ4n) is 1.57. The Hall–Kier alpha value is -2.08. The number of aromatic nitrogens is 1. The number of nitrogens with zero attached hydrogens (tertiary/aromatic N) is 2. The monoisotopic (exact) mass is 226 g/mol. The summed E-state index contributed by atoms with van der Waals surface area (Å²) in [4.78, 5) is 4.06. The van der Waals surface area contributed by atoms with E-state index in [2.05, 4.69) is 37.9 Å². The maximum absolute atomic E-state index is 8.68. The first-order valence-corrected chi connectivity index (χ1v) is 5.47. The van der Waals surface area contributed by atoms with Gasteiger partial charge in [0.2, 0.25) is 5.89 Å². The van der Waals surface area contributed by atoms with Gasteiger partial charge >= 0.3 is 0 Å². The molecule has 0 atom stereocenters. The first-order valence-electron chi connectivity index (χ1n) is 5.47. The molecule has 86 valence electrons. The van der Waals surface area contributed by atoms with Gasteiger partial charge in [0.05, 0.1) is 0 Å². The molecule has 1 heterocycles. The molecule has 0 aliphatic rings. The van der Waals surface area contributed by atoms with E-state index in [1.165, 1.54) is 11.8 Å². The molecule has 0 bridgehead atoms. The average Bonchev–Trinajstić information content (AvgIpc) is 2.76. The van der Waals surface area contributed by atoms with Gasteiger partial charge < -0.3 is 4.42 Å². The summed E-state index contributed by atoms with van der Waals surface area (Å²) >= 11 is 0. The molecule has 3 heteroatoms. The van der Waals surface area contributed by atoms with Gasteiger partial charge in [0.1, 0.15) is 12.3 Å². The molecule has 0 saturated heterocycles. The largest absolute Gasteiger partial charge is 0.443 e. The van der Waals surface area contributed by atoms with Crippen LogP contribution in [0.3, 0.4) is 0 Å². The van der Waals surface area contributed by atoms with Gasteiger partial charge in [0.15, 0.2) is 5.69 Å². The zero-order chi connectivity index (χ0) is 12.5. The van der Waals surface area contributed by atoms with Crippen molar-refractivity contribution < 1.29 is 4.42 Å². The summed E-state index contributed by atoms with van der Waals surface area (Å²) in [6.07, 6.45) is 1.37. The third-order valence-electron chi connectivity index (χ3n) is 2.62. The maximum atomic E-state index is 8.68. The SMILES string of the molecule is CC(C)(C)c1ccc(-c2nc(C#N)co2)cc1. The molecule has 1 aromatic heterocycles. The second-order valence-electron chi connectivity index (χ2n) is 4.98. The van der Waals surface area contributed by atoms with Crippen LogP contribution < -0.4 is 0 Å². The highest BCUT2D eigenvalue weighted by Gasteiger charge is 2.14. The lowest BCUT2D eigenvalue weighted by Gasteiger charge is -2.18. The number of hydrogen-bond acceptors (Lipinski definition) is 3. The van der Waals surface area contributed by atoms with Crippen molar-refractivity contribution in [1.29, 1.82) is 5.26 Å². The second-order valence-corrected chi connectivity index (χ2v) is 4.98. The molecule has 0 N–H and O–H groups in total. The van der Waals surface area contributed by atoms with Crippen molar-refractivity contribution in [2.24, 2.45) is 0 Å². The van der Waals surface area contributed by atoms with Gasteiger partial charge in [-0.15, -0.1) is 0 Å². The molecule has 17 heavy (non-hydrogen) atoms. The molecule has 0 aliphatic heterocycles. The molecule has 2 rings (SSSR count). The molecular formula is C14H14N2O. The van der Waals surface area contributed by atoms with Crippen LogP contribution in [0.15, 0.2) is 34.9 Å². The minimum absolute atomic E-state index is 0.132. The molecular weight excluding hydrogens is 212 g/mol. The Balaban J connectivity index is 2.33. The quantitative estimate of drug-likeness (QED) is 0.747. The summed E-state index contributed by atoms with van der Waals surface area (Å²) < 4.78 is 5.23. The van der Waals surface area contributed by atoms with Gasteiger partial charge in [0, 0.05) is 5.56 Å². The molecule has 0 amide bonds. The van der Waals surface area contributed by atoms with E-state index in [1.54, 1.807) is 0 Å². The molecule has 0 unspecified atom stereocenters. The van der Waals surface area contributed by atoms with Gasteiger partial charge in [-0.2, -0.15) is 10.2 Å².